The van der Waals surface area contributed by atoms with Crippen molar-refractivity contribution in [2.24, 2.45) is 0 Å². The second-order valence-electron chi connectivity index (χ2n) is 6.34. The first-order valence-electron chi connectivity index (χ1n) is 9.36. The normalized spacial score (nSPS) is 15.6. The van der Waals surface area contributed by atoms with Gasteiger partial charge in [-0.1, -0.05) is 6.92 Å². The standard InChI is InChI=1S/C19H30N4O3S/c1-5-8-21-19(24)23-9-7-13-10-16(25-3)17(26-4)11-14(13)15(23)12-22-18(27)20-6-2/h10-11,15H,5-9,12H2,1-4H3,(H,21,24)(H2,20,22,27). The molecule has 2 amide bonds. The van der Waals surface area contributed by atoms with Gasteiger partial charge in [-0.3, -0.25) is 0 Å². The molecule has 1 heterocycles. The van der Waals surface area contributed by atoms with Gasteiger partial charge in [0, 0.05) is 26.2 Å². The van der Waals surface area contributed by atoms with Gasteiger partial charge in [0.05, 0.1) is 20.3 Å². The van der Waals surface area contributed by atoms with Gasteiger partial charge in [-0.25, -0.2) is 4.79 Å². The zero-order valence-electron chi connectivity index (χ0n) is 16.6. The number of ether oxygens (including phenoxy) is 2. The Kier molecular flexibility index (Phi) is 7.97. The van der Waals surface area contributed by atoms with Crippen molar-refractivity contribution in [2.75, 3.05) is 40.4 Å². The maximum atomic E-state index is 12.7. The molecule has 1 unspecified atom stereocenters. The quantitative estimate of drug-likeness (QED) is 0.616. The van der Waals surface area contributed by atoms with E-state index in [1.165, 1.54) is 0 Å². The van der Waals surface area contributed by atoms with E-state index in [-0.39, 0.29) is 12.1 Å². The number of urea groups is 1. The van der Waals surface area contributed by atoms with E-state index in [2.05, 4.69) is 16.0 Å². The molecule has 1 aromatic rings. The molecule has 150 valence electrons. The zero-order chi connectivity index (χ0) is 19.8. The first kappa shape index (κ1) is 21.1. The Morgan fingerprint density at radius 2 is 1.89 bits per heavy atom. The van der Waals surface area contributed by atoms with Gasteiger partial charge in [0.15, 0.2) is 16.6 Å². The number of methoxy groups -OCH3 is 2. The number of rotatable bonds is 7. The van der Waals surface area contributed by atoms with E-state index >= 15 is 0 Å². The third-order valence-electron chi connectivity index (χ3n) is 4.58. The van der Waals surface area contributed by atoms with E-state index in [9.17, 15) is 4.79 Å². The molecule has 0 saturated carbocycles. The van der Waals surface area contributed by atoms with Crippen LogP contribution in [0.3, 0.4) is 0 Å². The summed E-state index contributed by atoms with van der Waals surface area (Å²) in [7, 11) is 3.25. The molecule has 27 heavy (non-hydrogen) atoms. The number of fused-ring (bicyclic) bond motifs is 1. The second kappa shape index (κ2) is 10.2. The molecule has 1 aliphatic heterocycles. The van der Waals surface area contributed by atoms with Gasteiger partial charge >= 0.3 is 6.03 Å². The topological polar surface area (TPSA) is 74.9 Å². The lowest BCUT2D eigenvalue weighted by atomic mass is 9.92. The van der Waals surface area contributed by atoms with E-state index in [0.717, 1.165) is 30.5 Å². The summed E-state index contributed by atoms with van der Waals surface area (Å²) in [5.74, 6) is 1.36. The van der Waals surface area contributed by atoms with Crippen molar-refractivity contribution in [2.45, 2.75) is 32.7 Å². The van der Waals surface area contributed by atoms with Crippen LogP contribution in [0.25, 0.3) is 0 Å². The lowest BCUT2D eigenvalue weighted by Crippen LogP contribution is -2.50. The summed E-state index contributed by atoms with van der Waals surface area (Å²) in [6.07, 6.45) is 1.66. The second-order valence-corrected chi connectivity index (χ2v) is 6.75. The fourth-order valence-electron chi connectivity index (χ4n) is 3.24. The third-order valence-corrected chi connectivity index (χ3v) is 4.87. The summed E-state index contributed by atoms with van der Waals surface area (Å²) in [6.45, 7) is 6.59. The summed E-state index contributed by atoms with van der Waals surface area (Å²) >= 11 is 5.30. The number of hydrogen-bond donors (Lipinski definition) is 3. The van der Waals surface area contributed by atoms with Crippen LogP contribution in [0.15, 0.2) is 12.1 Å². The highest BCUT2D eigenvalue weighted by molar-refractivity contribution is 7.80. The fourth-order valence-corrected chi connectivity index (χ4v) is 3.46. The Bertz CT molecular complexity index is 669. The molecule has 0 fully saturated rings. The molecule has 8 heteroatoms. The van der Waals surface area contributed by atoms with Crippen LogP contribution >= 0.6 is 12.2 Å². The Morgan fingerprint density at radius 3 is 2.52 bits per heavy atom. The van der Waals surface area contributed by atoms with Crippen molar-refractivity contribution in [1.82, 2.24) is 20.9 Å². The monoisotopic (exact) mass is 394 g/mol. The molecule has 0 aliphatic carbocycles. The first-order chi connectivity index (χ1) is 13.0. The van der Waals surface area contributed by atoms with Crippen molar-refractivity contribution >= 4 is 23.4 Å². The van der Waals surface area contributed by atoms with E-state index < -0.39 is 0 Å². The summed E-state index contributed by atoms with van der Waals surface area (Å²) in [5.41, 5.74) is 2.21. The third kappa shape index (κ3) is 5.15. The zero-order valence-corrected chi connectivity index (χ0v) is 17.4. The molecule has 0 aromatic heterocycles. The van der Waals surface area contributed by atoms with Crippen molar-refractivity contribution in [3.8, 4) is 11.5 Å². The molecule has 2 rings (SSSR count). The lowest BCUT2D eigenvalue weighted by Gasteiger charge is -2.38. The van der Waals surface area contributed by atoms with Crippen LogP contribution in [0, 0.1) is 0 Å². The number of carbonyl (C=O) groups is 1. The van der Waals surface area contributed by atoms with Gasteiger partial charge in [0.2, 0.25) is 0 Å². The Labute approximate surface area is 166 Å². The average Bonchev–Trinajstić information content (AvgIpc) is 2.68. The van der Waals surface area contributed by atoms with Crippen LogP contribution in [0.1, 0.15) is 37.4 Å². The van der Waals surface area contributed by atoms with Crippen molar-refractivity contribution in [3.63, 3.8) is 0 Å². The highest BCUT2D eigenvalue weighted by atomic mass is 32.1. The fraction of sp³-hybridized carbons (Fsp3) is 0.579. The number of nitrogens with zero attached hydrogens (tertiary/aromatic N) is 1. The molecule has 0 saturated heterocycles. The number of benzene rings is 1. The summed E-state index contributed by atoms with van der Waals surface area (Å²) in [5, 5.41) is 9.88. The minimum absolute atomic E-state index is 0.0570. The van der Waals surface area contributed by atoms with Gasteiger partial charge < -0.3 is 30.3 Å². The number of carbonyl (C=O) groups excluding carboxylic acids is 1. The largest absolute Gasteiger partial charge is 0.493 e. The number of thiocarbonyl (C=S) groups is 1. The molecular weight excluding hydrogens is 364 g/mol. The molecule has 0 bridgehead atoms. The maximum absolute atomic E-state index is 12.7. The molecule has 7 nitrogen and oxygen atoms in total. The summed E-state index contributed by atoms with van der Waals surface area (Å²) in [6, 6.07) is 3.77. The predicted molar refractivity (Wildman–Crippen MR) is 111 cm³/mol. The Hall–Kier alpha value is -2.22. The van der Waals surface area contributed by atoms with Crippen LogP contribution in [0.2, 0.25) is 0 Å². The molecule has 3 N–H and O–H groups in total. The van der Waals surface area contributed by atoms with Gasteiger partial charge in [0.25, 0.3) is 0 Å². The molecular formula is C19H30N4O3S. The van der Waals surface area contributed by atoms with Crippen LogP contribution in [0.5, 0.6) is 11.5 Å². The predicted octanol–water partition coefficient (Wildman–Crippen LogP) is 2.21. The van der Waals surface area contributed by atoms with E-state index in [1.54, 1.807) is 14.2 Å². The molecule has 1 atom stereocenters. The minimum Gasteiger partial charge on any atom is -0.493 e. The Balaban J connectivity index is 2.32. The molecule has 0 spiro atoms. The Morgan fingerprint density at radius 1 is 1.19 bits per heavy atom. The average molecular weight is 395 g/mol. The minimum atomic E-state index is -0.151. The number of nitrogens with one attached hydrogen (secondary N) is 3. The summed E-state index contributed by atoms with van der Waals surface area (Å²) in [4.78, 5) is 14.6. The number of hydrogen-bond acceptors (Lipinski definition) is 4. The van der Waals surface area contributed by atoms with Crippen LogP contribution in [-0.4, -0.2) is 56.4 Å². The van der Waals surface area contributed by atoms with Gasteiger partial charge in [-0.2, -0.15) is 0 Å². The van der Waals surface area contributed by atoms with Gasteiger partial charge in [-0.15, -0.1) is 0 Å². The molecule has 1 aliphatic rings. The molecule has 0 radical (unpaired) electrons. The highest BCUT2D eigenvalue weighted by Crippen LogP contribution is 2.37. The van der Waals surface area contributed by atoms with Crippen LogP contribution in [0.4, 0.5) is 4.79 Å². The van der Waals surface area contributed by atoms with Crippen molar-refractivity contribution < 1.29 is 14.3 Å². The van der Waals surface area contributed by atoms with Crippen LogP contribution in [-0.2, 0) is 6.42 Å². The maximum Gasteiger partial charge on any atom is 0.317 e. The SMILES string of the molecule is CCCNC(=O)N1CCc2cc(OC)c(OC)cc2C1CNC(=S)NCC. The highest BCUT2D eigenvalue weighted by Gasteiger charge is 2.32. The lowest BCUT2D eigenvalue weighted by molar-refractivity contribution is 0.169. The van der Waals surface area contributed by atoms with Crippen molar-refractivity contribution in [3.05, 3.63) is 23.3 Å². The van der Waals surface area contributed by atoms with E-state index in [0.29, 0.717) is 36.2 Å². The van der Waals surface area contributed by atoms with Crippen molar-refractivity contribution in [1.29, 1.82) is 0 Å². The van der Waals surface area contributed by atoms with E-state index in [1.807, 2.05) is 30.9 Å². The van der Waals surface area contributed by atoms with E-state index in [4.69, 9.17) is 21.7 Å². The molecule has 1 aromatic carbocycles. The van der Waals surface area contributed by atoms with Crippen LogP contribution < -0.4 is 25.4 Å². The number of amides is 2. The van der Waals surface area contributed by atoms with Gasteiger partial charge in [0.1, 0.15) is 0 Å². The first-order valence-corrected chi connectivity index (χ1v) is 9.77. The van der Waals surface area contributed by atoms with Gasteiger partial charge in [-0.05, 0) is 55.2 Å². The smallest absolute Gasteiger partial charge is 0.317 e. The summed E-state index contributed by atoms with van der Waals surface area (Å²) < 4.78 is 10.9.